The van der Waals surface area contributed by atoms with Gasteiger partial charge in [-0.15, -0.1) is 10.2 Å². The molecule has 0 atom stereocenters. The number of carbonyl (C=O) groups excluding carboxylic acids is 7. The van der Waals surface area contributed by atoms with Crippen molar-refractivity contribution < 1.29 is 38.4 Å². The molecule has 6 amide bonds. The molecule has 0 bridgehead atoms. The van der Waals surface area contributed by atoms with Crippen molar-refractivity contribution >= 4 is 58.8 Å². The van der Waals surface area contributed by atoms with Gasteiger partial charge in [0.05, 0.1) is 12.9 Å². The smallest absolute Gasteiger partial charge is 0.383 e. The predicted octanol–water partition coefficient (Wildman–Crippen LogP) is -5.42. The summed E-state index contributed by atoms with van der Waals surface area (Å²) in [4.78, 5) is 104. The molecule has 1 aliphatic heterocycles. The normalized spacial score (nSPS) is 11.7. The van der Waals surface area contributed by atoms with Crippen molar-refractivity contribution in [2.45, 2.75) is 12.8 Å². The van der Waals surface area contributed by atoms with Gasteiger partial charge in [-0.1, -0.05) is 5.21 Å². The van der Waals surface area contributed by atoms with Crippen molar-refractivity contribution in [1.82, 2.24) is 54.3 Å². The first-order valence-corrected chi connectivity index (χ1v) is 12.8. The lowest BCUT2D eigenvalue weighted by Gasteiger charge is -2.11. The fourth-order valence-corrected chi connectivity index (χ4v) is 3.19. The van der Waals surface area contributed by atoms with E-state index in [0.29, 0.717) is 5.06 Å². The van der Waals surface area contributed by atoms with E-state index >= 15 is 0 Å². The number of aromatic nitrogens is 9. The van der Waals surface area contributed by atoms with Crippen LogP contribution >= 0.6 is 0 Å². The Morgan fingerprint density at radius 2 is 1.50 bits per heavy atom. The Balaban J connectivity index is 0.000000225. The summed E-state index contributed by atoms with van der Waals surface area (Å²) >= 11 is 0. The van der Waals surface area contributed by atoms with Gasteiger partial charge in [0.2, 0.25) is 5.91 Å². The monoisotopic (exact) mass is 675 g/mol. The van der Waals surface area contributed by atoms with E-state index in [0.717, 1.165) is 20.0 Å². The van der Waals surface area contributed by atoms with E-state index in [4.69, 9.17) is 34.4 Å². The molecule has 0 unspecified atom stereocenters. The van der Waals surface area contributed by atoms with Gasteiger partial charge in [-0.25, -0.2) is 28.9 Å². The van der Waals surface area contributed by atoms with Gasteiger partial charge in [-0.2, -0.15) is 4.68 Å². The lowest BCUT2D eigenvalue weighted by molar-refractivity contribution is -0.171. The highest BCUT2D eigenvalue weighted by Crippen LogP contribution is 2.11. The van der Waals surface area contributed by atoms with Gasteiger partial charge in [-0.3, -0.25) is 33.3 Å². The molecule has 26 heteroatoms. The van der Waals surface area contributed by atoms with Crippen LogP contribution in [0, 0.1) is 0 Å². The number of carbonyl (C=O) groups is 7. The number of primary amides is 3. The van der Waals surface area contributed by atoms with Gasteiger partial charge in [0.1, 0.15) is 24.2 Å². The second-order valence-corrected chi connectivity index (χ2v) is 8.69. The number of amides is 6. The van der Waals surface area contributed by atoms with Crippen molar-refractivity contribution in [3.8, 4) is 0 Å². The number of aryl methyl sites for hydroxylation is 1. The van der Waals surface area contributed by atoms with Crippen molar-refractivity contribution in [2.75, 3.05) is 25.1 Å². The zero-order valence-corrected chi connectivity index (χ0v) is 25.0. The molecule has 0 aliphatic carbocycles. The molecule has 0 spiro atoms. The molecule has 4 aromatic heterocycles. The van der Waals surface area contributed by atoms with E-state index in [9.17, 15) is 38.4 Å². The number of fused-ring (bicyclic) bond motifs is 1. The van der Waals surface area contributed by atoms with E-state index in [1.807, 2.05) is 0 Å². The Labute approximate surface area is 266 Å². The van der Waals surface area contributed by atoms with E-state index in [2.05, 4.69) is 40.4 Å². The Morgan fingerprint density at radius 3 is 1.94 bits per heavy atom. The summed E-state index contributed by atoms with van der Waals surface area (Å²) in [5, 5.41) is 9.75. The standard InChI is InChI=1S/C6H6N6O2.C6H9N5O2.C6H8N2O4.C4H6N4O/c1-11-6(14)12-2-8-3(4(7)13)5(12)9-10-11;7-1-3(12)11-2-10-4(5(11)8)6(9)13;1-7-6(11)12-8-4(9)2-3-5(8)10;5-3-2(4(6)9)7-1-8-3/h2H,1H3,(H2,7,13);2H,1,7-8H2,(H2,9,13);2-3H2,1H3,(H,7,11);1H,5H2,(H2,6,9)(H,7,8). The number of H-pyrrole nitrogens is 1. The minimum absolute atomic E-state index is 0.0600. The largest absolute Gasteiger partial charge is 0.431 e. The third-order valence-corrected chi connectivity index (χ3v) is 5.51. The Hall–Kier alpha value is -7.25. The van der Waals surface area contributed by atoms with Crippen LogP contribution in [0.3, 0.4) is 0 Å². The molecule has 1 saturated heterocycles. The molecular weight excluding hydrogens is 646 g/mol. The van der Waals surface area contributed by atoms with Crippen LogP contribution in [0.5, 0.6) is 0 Å². The van der Waals surface area contributed by atoms with Crippen LogP contribution in [0.4, 0.5) is 16.4 Å². The fraction of sp³-hybridized carbons (Fsp3) is 0.227. The topological polar surface area (TPSA) is 412 Å². The Morgan fingerprint density at radius 1 is 0.917 bits per heavy atom. The molecule has 0 saturated carbocycles. The van der Waals surface area contributed by atoms with E-state index in [1.165, 1.54) is 26.7 Å². The minimum atomic E-state index is -0.821. The molecule has 14 N–H and O–H groups in total. The van der Waals surface area contributed by atoms with Gasteiger partial charge in [-0.05, 0) is 0 Å². The number of imide groups is 1. The quantitative estimate of drug-likeness (QED) is 0.0914. The number of nitrogens with one attached hydrogen (secondary N) is 2. The summed E-state index contributed by atoms with van der Waals surface area (Å²) in [7, 11) is 2.78. The first-order chi connectivity index (χ1) is 22.5. The summed E-state index contributed by atoms with van der Waals surface area (Å²) in [6.45, 7) is -0.210. The maximum Gasteiger partial charge on any atom is 0.431 e. The number of rotatable bonds is 5. The average Bonchev–Trinajstić information content (AvgIpc) is 3.83. The van der Waals surface area contributed by atoms with E-state index in [-0.39, 0.29) is 53.8 Å². The Bertz CT molecular complexity index is 1910. The van der Waals surface area contributed by atoms with Crippen LogP contribution in [-0.2, 0) is 21.5 Å². The fourth-order valence-electron chi connectivity index (χ4n) is 3.19. The van der Waals surface area contributed by atoms with Crippen LogP contribution in [0.15, 0.2) is 23.8 Å². The highest BCUT2D eigenvalue weighted by Gasteiger charge is 2.32. The lowest BCUT2D eigenvalue weighted by Crippen LogP contribution is -2.35. The number of nitrogen functional groups attached to an aromatic ring is 2. The van der Waals surface area contributed by atoms with Crippen LogP contribution in [0.2, 0.25) is 0 Å². The number of aromatic amines is 1. The number of nitrogens with zero attached hydrogens (tertiary/aromatic N) is 9. The van der Waals surface area contributed by atoms with Gasteiger partial charge < -0.3 is 49.5 Å². The number of imidazole rings is 3. The summed E-state index contributed by atoms with van der Waals surface area (Å²) in [5.74, 6) is -3.46. The maximum atomic E-state index is 11.4. The molecule has 48 heavy (non-hydrogen) atoms. The number of hydrogen-bond acceptors (Lipinski definition) is 17. The highest BCUT2D eigenvalue weighted by atomic mass is 16.7. The number of hydroxylamine groups is 2. The number of hydrogen-bond donors (Lipinski definition) is 8. The van der Waals surface area contributed by atoms with Crippen LogP contribution in [0.25, 0.3) is 5.65 Å². The van der Waals surface area contributed by atoms with Crippen LogP contribution < -0.4 is 45.4 Å². The molecule has 5 rings (SSSR count). The van der Waals surface area contributed by atoms with Crippen LogP contribution in [0.1, 0.15) is 49.1 Å². The summed E-state index contributed by atoms with van der Waals surface area (Å²) in [6.07, 6.45) is 3.01. The van der Waals surface area contributed by atoms with Gasteiger partial charge >= 0.3 is 11.8 Å². The zero-order valence-electron chi connectivity index (χ0n) is 25.0. The van der Waals surface area contributed by atoms with Gasteiger partial charge in [0.15, 0.2) is 22.9 Å². The first-order valence-electron chi connectivity index (χ1n) is 12.8. The lowest BCUT2D eigenvalue weighted by atomic mass is 10.4. The van der Waals surface area contributed by atoms with Gasteiger partial charge in [0, 0.05) is 26.9 Å². The number of anilines is 2. The SMILES string of the molecule is CNC(=O)ON1C(=O)CCC1=O.Cn1nnc2c(C(N)=O)ncn2c1=O.NC(=O)c1[nH]cnc1N.NCC(=O)n1cnc(C(N)=O)c1N. The summed E-state index contributed by atoms with van der Waals surface area (Å²) in [5.41, 5.74) is 30.1. The van der Waals surface area contributed by atoms with E-state index in [1.54, 1.807) is 0 Å². The van der Waals surface area contributed by atoms with Crippen molar-refractivity contribution in [3.63, 3.8) is 0 Å². The third kappa shape index (κ3) is 8.90. The van der Waals surface area contributed by atoms with Crippen molar-refractivity contribution in [1.29, 1.82) is 0 Å². The second kappa shape index (κ2) is 16.2. The summed E-state index contributed by atoms with van der Waals surface area (Å²) < 4.78 is 3.12. The second-order valence-electron chi connectivity index (χ2n) is 8.69. The highest BCUT2D eigenvalue weighted by molar-refractivity contribution is 6.01. The first kappa shape index (κ1) is 36.9. The maximum absolute atomic E-state index is 11.4. The zero-order chi connectivity index (χ0) is 36.3. The molecule has 1 fully saturated rings. The van der Waals surface area contributed by atoms with E-state index < -0.39 is 47.2 Å². The summed E-state index contributed by atoms with van der Waals surface area (Å²) in [6, 6.07) is 0. The average molecular weight is 676 g/mol. The third-order valence-electron chi connectivity index (χ3n) is 5.51. The predicted molar refractivity (Wildman–Crippen MR) is 158 cm³/mol. The van der Waals surface area contributed by atoms with Gasteiger partial charge in [0.25, 0.3) is 29.5 Å². The molecule has 4 aromatic rings. The molecule has 26 nitrogen and oxygen atoms in total. The van der Waals surface area contributed by atoms with Crippen LogP contribution in [-0.4, -0.2) is 104 Å². The minimum Gasteiger partial charge on any atom is -0.383 e. The molecular formula is C22H29N17O9. The molecule has 0 aromatic carbocycles. The van der Waals surface area contributed by atoms with Crippen molar-refractivity contribution in [3.05, 3.63) is 46.5 Å². The molecule has 256 valence electrons. The Kier molecular flexibility index (Phi) is 12.4. The molecule has 1 aliphatic rings. The molecule has 0 radical (unpaired) electrons. The number of nitrogens with two attached hydrogens (primary N) is 6. The molecule has 5 heterocycles. The van der Waals surface area contributed by atoms with Crippen molar-refractivity contribution in [2.24, 2.45) is 30.0 Å².